The van der Waals surface area contributed by atoms with Crippen molar-refractivity contribution < 1.29 is 14.3 Å². The highest BCUT2D eigenvalue weighted by Gasteiger charge is 2.14. The second-order valence-corrected chi connectivity index (χ2v) is 5.47. The van der Waals surface area contributed by atoms with Gasteiger partial charge in [0.2, 0.25) is 5.88 Å². The number of pyridine rings is 1. The number of halogens is 1. The molecule has 0 aliphatic carbocycles. The van der Waals surface area contributed by atoms with Crippen molar-refractivity contribution in [3.8, 4) is 5.88 Å². The summed E-state index contributed by atoms with van der Waals surface area (Å²) in [7, 11) is 1.53. The monoisotopic (exact) mass is 298 g/mol. The molecule has 20 heavy (non-hydrogen) atoms. The second-order valence-electron chi connectivity index (χ2n) is 5.04. The summed E-state index contributed by atoms with van der Waals surface area (Å²) in [6, 6.07) is 1.73. The Hall–Kier alpha value is -1.75. The Morgan fingerprint density at radius 3 is 2.80 bits per heavy atom. The van der Waals surface area contributed by atoms with E-state index in [1.54, 1.807) is 18.2 Å². The van der Waals surface area contributed by atoms with Crippen molar-refractivity contribution >= 4 is 23.8 Å². The maximum atomic E-state index is 11.4. The summed E-state index contributed by atoms with van der Waals surface area (Å²) in [6.07, 6.45) is 4.59. The molecular weight excluding hydrogens is 280 g/mol. The topological polar surface area (TPSA) is 60.5 Å². The molecule has 0 unspecified atom stereocenters. The van der Waals surface area contributed by atoms with Gasteiger partial charge in [0.05, 0.1) is 12.1 Å². The molecule has 0 spiro atoms. The van der Waals surface area contributed by atoms with Crippen molar-refractivity contribution in [1.82, 2.24) is 10.3 Å². The summed E-state index contributed by atoms with van der Waals surface area (Å²) in [6.45, 7) is 5.77. The average Bonchev–Trinajstić information content (AvgIpc) is 2.33. The van der Waals surface area contributed by atoms with Crippen LogP contribution in [0.3, 0.4) is 0 Å². The molecule has 110 valence electrons. The molecule has 0 radical (unpaired) electrons. The summed E-state index contributed by atoms with van der Waals surface area (Å²) < 4.78 is 10.2. The fraction of sp³-hybridized carbons (Fsp3) is 0.429. The Bertz CT molecular complexity index is 496. The number of methoxy groups -OCH3 is 1. The third-order valence-electron chi connectivity index (χ3n) is 2.10. The van der Waals surface area contributed by atoms with Gasteiger partial charge in [0, 0.05) is 18.3 Å². The van der Waals surface area contributed by atoms with Crippen LogP contribution < -0.4 is 10.1 Å². The lowest BCUT2D eigenvalue weighted by molar-refractivity contribution is 0.0534. The Kier molecular flexibility index (Phi) is 5.82. The quantitative estimate of drug-likeness (QED) is 0.926. The van der Waals surface area contributed by atoms with E-state index in [9.17, 15) is 4.79 Å². The molecule has 0 bridgehead atoms. The van der Waals surface area contributed by atoms with Crippen LogP contribution in [0.1, 0.15) is 26.3 Å². The van der Waals surface area contributed by atoms with Gasteiger partial charge in [-0.25, -0.2) is 9.78 Å². The molecule has 1 N–H and O–H groups in total. The van der Waals surface area contributed by atoms with Crippen LogP contribution in [-0.4, -0.2) is 30.3 Å². The van der Waals surface area contributed by atoms with E-state index in [-0.39, 0.29) is 0 Å². The van der Waals surface area contributed by atoms with Crippen molar-refractivity contribution in [3.63, 3.8) is 0 Å². The molecule has 0 aromatic carbocycles. The smallest absolute Gasteiger partial charge is 0.407 e. The van der Waals surface area contributed by atoms with Gasteiger partial charge in [0.25, 0.3) is 0 Å². The van der Waals surface area contributed by atoms with Gasteiger partial charge in [-0.05, 0) is 26.8 Å². The molecule has 0 saturated heterocycles. The van der Waals surface area contributed by atoms with Crippen molar-refractivity contribution in [2.45, 2.75) is 26.4 Å². The van der Waals surface area contributed by atoms with Crippen LogP contribution in [0.25, 0.3) is 6.08 Å². The predicted molar refractivity (Wildman–Crippen MR) is 79.1 cm³/mol. The summed E-state index contributed by atoms with van der Waals surface area (Å²) >= 11 is 5.87. The normalized spacial score (nSPS) is 11.4. The lowest BCUT2D eigenvalue weighted by atomic mass is 10.2. The third kappa shape index (κ3) is 5.93. The number of carbonyl (C=O) groups excluding carboxylic acids is 1. The van der Waals surface area contributed by atoms with Gasteiger partial charge in [-0.15, -0.1) is 0 Å². The van der Waals surface area contributed by atoms with E-state index in [4.69, 9.17) is 21.1 Å². The first kappa shape index (κ1) is 16.3. The van der Waals surface area contributed by atoms with Crippen LogP contribution in [0, 0.1) is 0 Å². The van der Waals surface area contributed by atoms with Gasteiger partial charge in [0.15, 0.2) is 0 Å². The van der Waals surface area contributed by atoms with Crippen molar-refractivity contribution in [2.24, 2.45) is 0 Å². The van der Waals surface area contributed by atoms with Crippen LogP contribution in [0.5, 0.6) is 5.88 Å². The molecule has 1 aromatic heterocycles. The SMILES string of the molecule is COc1ncc(Cl)cc1C=CCNC(=O)OC(C)(C)C. The zero-order valence-corrected chi connectivity index (χ0v) is 12.8. The number of amides is 1. The molecule has 1 amide bonds. The largest absolute Gasteiger partial charge is 0.481 e. The Morgan fingerprint density at radius 2 is 2.20 bits per heavy atom. The summed E-state index contributed by atoms with van der Waals surface area (Å²) in [4.78, 5) is 15.5. The van der Waals surface area contributed by atoms with E-state index in [0.717, 1.165) is 5.56 Å². The first-order chi connectivity index (χ1) is 9.31. The van der Waals surface area contributed by atoms with E-state index < -0.39 is 11.7 Å². The molecule has 5 nitrogen and oxygen atoms in total. The van der Waals surface area contributed by atoms with E-state index in [2.05, 4.69) is 10.3 Å². The van der Waals surface area contributed by atoms with E-state index in [0.29, 0.717) is 17.4 Å². The Balaban J connectivity index is 2.53. The first-order valence-corrected chi connectivity index (χ1v) is 6.52. The van der Waals surface area contributed by atoms with Gasteiger partial charge in [0.1, 0.15) is 5.60 Å². The maximum absolute atomic E-state index is 11.4. The minimum Gasteiger partial charge on any atom is -0.481 e. The average molecular weight is 299 g/mol. The summed E-state index contributed by atoms with van der Waals surface area (Å²) in [5.41, 5.74) is 0.236. The lowest BCUT2D eigenvalue weighted by Gasteiger charge is -2.19. The molecule has 1 heterocycles. The van der Waals surface area contributed by atoms with Gasteiger partial charge in [-0.3, -0.25) is 0 Å². The number of rotatable bonds is 4. The number of hydrogen-bond acceptors (Lipinski definition) is 4. The third-order valence-corrected chi connectivity index (χ3v) is 2.31. The molecule has 6 heteroatoms. The molecule has 1 aromatic rings. The molecule has 0 saturated carbocycles. The first-order valence-electron chi connectivity index (χ1n) is 6.15. The highest BCUT2D eigenvalue weighted by molar-refractivity contribution is 6.30. The second kappa shape index (κ2) is 7.14. The van der Waals surface area contributed by atoms with Crippen molar-refractivity contribution in [2.75, 3.05) is 13.7 Å². The van der Waals surface area contributed by atoms with Crippen molar-refractivity contribution in [1.29, 1.82) is 0 Å². The van der Waals surface area contributed by atoms with E-state index in [1.165, 1.54) is 13.3 Å². The van der Waals surface area contributed by atoms with Crippen LogP contribution in [0.4, 0.5) is 4.79 Å². The van der Waals surface area contributed by atoms with Crippen LogP contribution in [-0.2, 0) is 4.74 Å². The molecule has 0 fully saturated rings. The fourth-order valence-electron chi connectivity index (χ4n) is 1.37. The highest BCUT2D eigenvalue weighted by Crippen LogP contribution is 2.20. The number of ether oxygens (including phenoxy) is 2. The Labute approximate surface area is 123 Å². The van der Waals surface area contributed by atoms with Crippen LogP contribution >= 0.6 is 11.6 Å². The highest BCUT2D eigenvalue weighted by atomic mass is 35.5. The van der Waals surface area contributed by atoms with Crippen LogP contribution in [0.15, 0.2) is 18.3 Å². The molecule has 0 atom stereocenters. The standard InChI is InChI=1S/C14H19ClN2O3/c1-14(2,3)20-13(18)16-7-5-6-10-8-11(15)9-17-12(10)19-4/h5-6,8-9H,7H2,1-4H3,(H,16,18). The number of nitrogens with one attached hydrogen (secondary N) is 1. The van der Waals surface area contributed by atoms with E-state index in [1.807, 2.05) is 20.8 Å². The number of carbonyl (C=O) groups is 1. The van der Waals surface area contributed by atoms with Crippen LogP contribution in [0.2, 0.25) is 5.02 Å². The minimum atomic E-state index is -0.506. The number of nitrogens with zero attached hydrogens (tertiary/aromatic N) is 1. The molecular formula is C14H19ClN2O3. The van der Waals surface area contributed by atoms with Gasteiger partial charge >= 0.3 is 6.09 Å². The number of hydrogen-bond donors (Lipinski definition) is 1. The van der Waals surface area contributed by atoms with Gasteiger partial charge < -0.3 is 14.8 Å². The van der Waals surface area contributed by atoms with Gasteiger partial charge in [-0.2, -0.15) is 0 Å². The summed E-state index contributed by atoms with van der Waals surface area (Å²) in [5, 5.41) is 3.14. The fourth-order valence-corrected chi connectivity index (χ4v) is 1.54. The molecule has 1 rings (SSSR count). The Morgan fingerprint density at radius 1 is 1.50 bits per heavy atom. The molecule has 0 aliphatic heterocycles. The number of alkyl carbamates (subject to hydrolysis) is 1. The molecule has 0 aliphatic rings. The van der Waals surface area contributed by atoms with E-state index >= 15 is 0 Å². The number of aromatic nitrogens is 1. The van der Waals surface area contributed by atoms with Gasteiger partial charge in [-0.1, -0.05) is 23.8 Å². The lowest BCUT2D eigenvalue weighted by Crippen LogP contribution is -2.32. The zero-order valence-electron chi connectivity index (χ0n) is 12.1. The predicted octanol–water partition coefficient (Wildman–Crippen LogP) is 3.28. The maximum Gasteiger partial charge on any atom is 0.407 e. The zero-order chi connectivity index (χ0) is 15.2. The van der Waals surface area contributed by atoms with Crippen molar-refractivity contribution in [3.05, 3.63) is 28.9 Å². The minimum absolute atomic E-state index is 0.338. The summed E-state index contributed by atoms with van der Waals surface area (Å²) in [5.74, 6) is 0.475.